The van der Waals surface area contributed by atoms with Crippen molar-refractivity contribution in [1.29, 1.82) is 0 Å². The maximum absolute atomic E-state index is 5.65. The molecule has 0 amide bonds. The highest BCUT2D eigenvalue weighted by Crippen LogP contribution is 2.29. The van der Waals surface area contributed by atoms with Crippen LogP contribution in [0.1, 0.15) is 57.8 Å². The SMILES string of the molecule is NCCCC1CCCCC(CCN)CC1. The molecule has 1 saturated carbocycles. The molecule has 0 bridgehead atoms. The maximum Gasteiger partial charge on any atom is -0.00746 e. The second kappa shape index (κ2) is 8.12. The Morgan fingerprint density at radius 3 is 1.87 bits per heavy atom. The van der Waals surface area contributed by atoms with Gasteiger partial charge < -0.3 is 11.5 Å². The summed E-state index contributed by atoms with van der Waals surface area (Å²) in [7, 11) is 0. The summed E-state index contributed by atoms with van der Waals surface area (Å²) < 4.78 is 0. The highest BCUT2D eigenvalue weighted by atomic mass is 14.5. The van der Waals surface area contributed by atoms with Crippen molar-refractivity contribution in [2.24, 2.45) is 23.3 Å². The number of rotatable bonds is 5. The number of hydrogen-bond donors (Lipinski definition) is 2. The Bertz CT molecular complexity index is 145. The van der Waals surface area contributed by atoms with Gasteiger partial charge in [0, 0.05) is 0 Å². The molecule has 2 nitrogen and oxygen atoms in total. The molecule has 1 fully saturated rings. The zero-order valence-electron chi connectivity index (χ0n) is 10.1. The van der Waals surface area contributed by atoms with Gasteiger partial charge >= 0.3 is 0 Å². The van der Waals surface area contributed by atoms with Crippen LogP contribution in [0.3, 0.4) is 0 Å². The Labute approximate surface area is 94.8 Å². The third-order valence-electron chi connectivity index (χ3n) is 3.85. The second-order valence-corrected chi connectivity index (χ2v) is 5.10. The van der Waals surface area contributed by atoms with E-state index < -0.39 is 0 Å². The van der Waals surface area contributed by atoms with E-state index in [4.69, 9.17) is 11.5 Å². The van der Waals surface area contributed by atoms with E-state index in [-0.39, 0.29) is 0 Å². The predicted octanol–water partition coefficient (Wildman–Crippen LogP) is 2.66. The standard InChI is InChI=1S/C13H28N2/c14-10-3-6-12-4-1-2-5-13(8-7-12)9-11-15/h12-13H,1-11,14-15H2. The van der Waals surface area contributed by atoms with Gasteiger partial charge in [-0.25, -0.2) is 0 Å². The van der Waals surface area contributed by atoms with E-state index in [1.54, 1.807) is 0 Å². The Balaban J connectivity index is 2.24. The first-order valence-corrected chi connectivity index (χ1v) is 6.77. The van der Waals surface area contributed by atoms with Crippen LogP contribution in [-0.4, -0.2) is 13.1 Å². The average Bonchev–Trinajstić information content (AvgIpc) is 2.22. The molecule has 0 aliphatic heterocycles. The summed E-state index contributed by atoms with van der Waals surface area (Å²) in [4.78, 5) is 0. The van der Waals surface area contributed by atoms with Gasteiger partial charge in [-0.2, -0.15) is 0 Å². The molecule has 15 heavy (non-hydrogen) atoms. The Morgan fingerprint density at radius 1 is 0.733 bits per heavy atom. The summed E-state index contributed by atoms with van der Waals surface area (Å²) in [5.74, 6) is 1.87. The highest BCUT2D eigenvalue weighted by molar-refractivity contribution is 4.69. The van der Waals surface area contributed by atoms with E-state index in [0.29, 0.717) is 0 Å². The van der Waals surface area contributed by atoms with E-state index in [9.17, 15) is 0 Å². The molecular weight excluding hydrogens is 184 g/mol. The Kier molecular flexibility index (Phi) is 7.03. The van der Waals surface area contributed by atoms with E-state index >= 15 is 0 Å². The first-order chi connectivity index (χ1) is 7.36. The molecule has 4 N–H and O–H groups in total. The zero-order chi connectivity index (χ0) is 10.9. The third-order valence-corrected chi connectivity index (χ3v) is 3.85. The van der Waals surface area contributed by atoms with E-state index in [1.165, 1.54) is 57.8 Å². The molecule has 0 aromatic rings. The van der Waals surface area contributed by atoms with Crippen LogP contribution in [0.4, 0.5) is 0 Å². The lowest BCUT2D eigenvalue weighted by Gasteiger charge is -2.24. The van der Waals surface area contributed by atoms with E-state index in [0.717, 1.165) is 24.9 Å². The summed E-state index contributed by atoms with van der Waals surface area (Å²) in [5, 5.41) is 0. The number of hydrogen-bond acceptors (Lipinski definition) is 2. The van der Waals surface area contributed by atoms with Crippen molar-refractivity contribution in [2.45, 2.75) is 57.8 Å². The molecule has 0 heterocycles. The van der Waals surface area contributed by atoms with Gasteiger partial charge in [-0.3, -0.25) is 0 Å². The molecule has 2 unspecified atom stereocenters. The molecule has 1 aliphatic rings. The van der Waals surface area contributed by atoms with Gasteiger partial charge in [0.25, 0.3) is 0 Å². The molecule has 0 aromatic heterocycles. The smallest absolute Gasteiger partial charge is 0.00746 e. The minimum Gasteiger partial charge on any atom is -0.330 e. The van der Waals surface area contributed by atoms with Crippen LogP contribution >= 0.6 is 0 Å². The van der Waals surface area contributed by atoms with Crippen molar-refractivity contribution < 1.29 is 0 Å². The molecule has 2 heteroatoms. The van der Waals surface area contributed by atoms with E-state index in [2.05, 4.69) is 0 Å². The van der Waals surface area contributed by atoms with Crippen molar-refractivity contribution in [3.05, 3.63) is 0 Å². The summed E-state index contributed by atoms with van der Waals surface area (Å²) in [6.07, 6.45) is 12.3. The van der Waals surface area contributed by atoms with Crippen LogP contribution in [0.5, 0.6) is 0 Å². The molecular formula is C13H28N2. The van der Waals surface area contributed by atoms with Gasteiger partial charge in [0.1, 0.15) is 0 Å². The van der Waals surface area contributed by atoms with Crippen LogP contribution in [0.15, 0.2) is 0 Å². The summed E-state index contributed by atoms with van der Waals surface area (Å²) in [6.45, 7) is 1.74. The molecule has 90 valence electrons. The fourth-order valence-corrected chi connectivity index (χ4v) is 2.85. The first-order valence-electron chi connectivity index (χ1n) is 6.77. The molecule has 1 aliphatic carbocycles. The zero-order valence-corrected chi connectivity index (χ0v) is 10.1. The highest BCUT2D eigenvalue weighted by Gasteiger charge is 2.16. The van der Waals surface area contributed by atoms with Crippen LogP contribution in [-0.2, 0) is 0 Å². The quantitative estimate of drug-likeness (QED) is 0.736. The van der Waals surface area contributed by atoms with Crippen molar-refractivity contribution in [3.8, 4) is 0 Å². The van der Waals surface area contributed by atoms with Crippen LogP contribution in [0, 0.1) is 11.8 Å². The summed E-state index contributed by atoms with van der Waals surface area (Å²) >= 11 is 0. The van der Waals surface area contributed by atoms with Crippen LogP contribution in [0.25, 0.3) is 0 Å². The lowest BCUT2D eigenvalue weighted by molar-refractivity contribution is 0.290. The molecule has 0 radical (unpaired) electrons. The van der Waals surface area contributed by atoms with Crippen molar-refractivity contribution in [1.82, 2.24) is 0 Å². The van der Waals surface area contributed by atoms with Crippen molar-refractivity contribution in [2.75, 3.05) is 13.1 Å². The van der Waals surface area contributed by atoms with Crippen molar-refractivity contribution in [3.63, 3.8) is 0 Å². The molecule has 0 saturated heterocycles. The fraction of sp³-hybridized carbons (Fsp3) is 1.00. The largest absolute Gasteiger partial charge is 0.330 e. The average molecular weight is 212 g/mol. The minimum absolute atomic E-state index is 0.864. The van der Waals surface area contributed by atoms with Crippen LogP contribution in [0.2, 0.25) is 0 Å². The Morgan fingerprint density at radius 2 is 1.33 bits per heavy atom. The fourth-order valence-electron chi connectivity index (χ4n) is 2.85. The predicted molar refractivity (Wildman–Crippen MR) is 66.6 cm³/mol. The molecule has 1 rings (SSSR count). The van der Waals surface area contributed by atoms with Gasteiger partial charge in [-0.15, -0.1) is 0 Å². The molecule has 0 aromatic carbocycles. The summed E-state index contributed by atoms with van der Waals surface area (Å²) in [6, 6.07) is 0. The van der Waals surface area contributed by atoms with Gasteiger partial charge in [0.2, 0.25) is 0 Å². The van der Waals surface area contributed by atoms with E-state index in [1.807, 2.05) is 0 Å². The third kappa shape index (κ3) is 5.53. The Hall–Kier alpha value is -0.0800. The maximum atomic E-state index is 5.65. The normalized spacial score (nSPS) is 28.4. The molecule has 0 spiro atoms. The topological polar surface area (TPSA) is 52.0 Å². The molecule has 2 atom stereocenters. The number of nitrogens with two attached hydrogens (primary N) is 2. The van der Waals surface area contributed by atoms with Gasteiger partial charge in [0.15, 0.2) is 0 Å². The van der Waals surface area contributed by atoms with Gasteiger partial charge in [-0.1, -0.05) is 38.5 Å². The minimum atomic E-state index is 0.864. The lowest BCUT2D eigenvalue weighted by Crippen LogP contribution is -2.14. The summed E-state index contributed by atoms with van der Waals surface area (Å²) in [5.41, 5.74) is 11.2. The van der Waals surface area contributed by atoms with Crippen molar-refractivity contribution >= 4 is 0 Å². The lowest BCUT2D eigenvalue weighted by atomic mass is 9.82. The monoisotopic (exact) mass is 212 g/mol. The van der Waals surface area contributed by atoms with Gasteiger partial charge in [-0.05, 0) is 44.2 Å². The van der Waals surface area contributed by atoms with Gasteiger partial charge in [0.05, 0.1) is 0 Å². The first kappa shape index (κ1) is 13.0. The van der Waals surface area contributed by atoms with Crippen LogP contribution < -0.4 is 11.5 Å². The second-order valence-electron chi connectivity index (χ2n) is 5.10.